The van der Waals surface area contributed by atoms with E-state index in [4.69, 9.17) is 10.8 Å². The Labute approximate surface area is 221 Å². The highest BCUT2D eigenvalue weighted by Gasteiger charge is 2.32. The molecule has 206 valence electrons. The van der Waals surface area contributed by atoms with Crippen LogP contribution in [0.25, 0.3) is 0 Å². The Balaban J connectivity index is 2.23. The maximum atomic E-state index is 13.4. The number of hydrogen-bond donors (Lipinski definition) is 7. The number of phenolic OH excluding ortho intramolecular Hbond substituents is 2. The van der Waals surface area contributed by atoms with Gasteiger partial charge in [-0.15, -0.1) is 0 Å². The number of carbonyl (C=O) groups excluding carboxylic acids is 3. The number of aromatic hydroxyl groups is 2. The van der Waals surface area contributed by atoms with Gasteiger partial charge in [-0.05, 0) is 54.7 Å². The van der Waals surface area contributed by atoms with Crippen LogP contribution in [0.15, 0.2) is 48.5 Å². The van der Waals surface area contributed by atoms with Crippen molar-refractivity contribution in [3.63, 3.8) is 0 Å². The zero-order valence-electron chi connectivity index (χ0n) is 21.7. The van der Waals surface area contributed by atoms with E-state index in [0.29, 0.717) is 17.5 Å². The lowest BCUT2D eigenvalue weighted by Gasteiger charge is -2.27. The van der Waals surface area contributed by atoms with E-state index in [-0.39, 0.29) is 30.3 Å². The molecule has 5 unspecified atom stereocenters. The van der Waals surface area contributed by atoms with E-state index in [9.17, 15) is 29.4 Å². The number of hydrogen-bond acceptors (Lipinski definition) is 7. The number of aliphatic carboxylic acids is 1. The molecule has 3 amide bonds. The number of nitrogens with one attached hydrogen (secondary N) is 3. The predicted octanol–water partition coefficient (Wildman–Crippen LogP) is 0.815. The third-order valence-corrected chi connectivity index (χ3v) is 6.26. The van der Waals surface area contributed by atoms with Gasteiger partial charge in [-0.2, -0.15) is 0 Å². The average Bonchev–Trinajstić information content (AvgIpc) is 2.88. The molecule has 0 radical (unpaired) electrons. The van der Waals surface area contributed by atoms with Crippen molar-refractivity contribution in [2.45, 2.75) is 64.2 Å². The van der Waals surface area contributed by atoms with Gasteiger partial charge < -0.3 is 37.0 Å². The number of benzene rings is 2. The van der Waals surface area contributed by atoms with E-state index in [1.165, 1.54) is 31.2 Å². The van der Waals surface area contributed by atoms with Crippen molar-refractivity contribution in [1.29, 1.82) is 0 Å². The summed E-state index contributed by atoms with van der Waals surface area (Å²) >= 11 is 0. The highest BCUT2D eigenvalue weighted by molar-refractivity contribution is 5.94. The van der Waals surface area contributed by atoms with Crippen LogP contribution in [0.5, 0.6) is 11.5 Å². The second-order valence-electron chi connectivity index (χ2n) is 9.35. The summed E-state index contributed by atoms with van der Waals surface area (Å²) in [4.78, 5) is 50.4. The lowest BCUT2D eigenvalue weighted by Crippen LogP contribution is -2.59. The number of carboxylic acid groups (broad SMARTS) is 1. The normalized spacial score (nSPS) is 14.8. The fourth-order valence-corrected chi connectivity index (χ4v) is 3.66. The van der Waals surface area contributed by atoms with Crippen molar-refractivity contribution >= 4 is 23.7 Å². The predicted molar refractivity (Wildman–Crippen MR) is 140 cm³/mol. The van der Waals surface area contributed by atoms with E-state index in [0.717, 1.165) is 0 Å². The van der Waals surface area contributed by atoms with Crippen LogP contribution in [-0.4, -0.2) is 63.2 Å². The standard InChI is InChI=1S/C27H36N4O7/c1-4-15(2)23(26(36)29-16(3)27(37)38)31-25(35)22(14-18-7-11-20(33)12-8-18)30-24(34)21(28)13-17-5-9-19(32)10-6-17/h5-12,15-16,21-23,32-33H,4,13-14,28H2,1-3H3,(H,29,36)(H,30,34)(H,31,35)(H,37,38). The summed E-state index contributed by atoms with van der Waals surface area (Å²) in [5, 5.41) is 35.9. The van der Waals surface area contributed by atoms with Crippen LogP contribution < -0.4 is 21.7 Å². The molecule has 0 saturated heterocycles. The maximum Gasteiger partial charge on any atom is 0.325 e. The molecule has 38 heavy (non-hydrogen) atoms. The second kappa shape index (κ2) is 14.0. The average molecular weight is 529 g/mol. The minimum absolute atomic E-state index is 0.0377. The Bertz CT molecular complexity index is 1110. The fourth-order valence-electron chi connectivity index (χ4n) is 3.66. The molecule has 2 aromatic rings. The topological polar surface area (TPSA) is 191 Å². The van der Waals surface area contributed by atoms with Crippen LogP contribution in [0.3, 0.4) is 0 Å². The maximum absolute atomic E-state index is 13.4. The number of carboxylic acids is 1. The van der Waals surface area contributed by atoms with Gasteiger partial charge in [0.15, 0.2) is 0 Å². The largest absolute Gasteiger partial charge is 0.508 e. The summed E-state index contributed by atoms with van der Waals surface area (Å²) in [7, 11) is 0. The molecule has 0 bridgehead atoms. The van der Waals surface area contributed by atoms with E-state index in [1.807, 2.05) is 6.92 Å². The SMILES string of the molecule is CCC(C)C(NC(=O)C(Cc1ccc(O)cc1)NC(=O)C(N)Cc1ccc(O)cc1)C(=O)NC(C)C(=O)O. The molecule has 0 heterocycles. The van der Waals surface area contributed by atoms with Gasteiger partial charge in [-0.3, -0.25) is 19.2 Å². The summed E-state index contributed by atoms with van der Waals surface area (Å²) in [6.07, 6.45) is 0.723. The van der Waals surface area contributed by atoms with Gasteiger partial charge in [-0.25, -0.2) is 0 Å². The highest BCUT2D eigenvalue weighted by Crippen LogP contribution is 2.14. The van der Waals surface area contributed by atoms with Gasteiger partial charge in [0.1, 0.15) is 29.6 Å². The molecule has 0 aliphatic carbocycles. The summed E-state index contributed by atoms with van der Waals surface area (Å²) in [6, 6.07) is 8.02. The number of carbonyl (C=O) groups is 4. The van der Waals surface area contributed by atoms with Gasteiger partial charge in [0.25, 0.3) is 0 Å². The fraction of sp³-hybridized carbons (Fsp3) is 0.407. The molecule has 8 N–H and O–H groups in total. The minimum Gasteiger partial charge on any atom is -0.508 e. The van der Waals surface area contributed by atoms with Crippen LogP contribution in [0, 0.1) is 5.92 Å². The first kappa shape index (κ1) is 30.1. The molecular weight excluding hydrogens is 492 g/mol. The van der Waals surface area contributed by atoms with E-state index < -0.39 is 47.9 Å². The Kier molecular flexibility index (Phi) is 11.1. The Morgan fingerprint density at radius 3 is 1.74 bits per heavy atom. The van der Waals surface area contributed by atoms with Crippen LogP contribution in [0.1, 0.15) is 38.3 Å². The second-order valence-corrected chi connectivity index (χ2v) is 9.35. The zero-order chi connectivity index (χ0) is 28.4. The van der Waals surface area contributed by atoms with Gasteiger partial charge in [0, 0.05) is 6.42 Å². The Morgan fingerprint density at radius 1 is 0.763 bits per heavy atom. The Morgan fingerprint density at radius 2 is 1.26 bits per heavy atom. The molecule has 5 atom stereocenters. The quantitative estimate of drug-likeness (QED) is 0.199. The smallest absolute Gasteiger partial charge is 0.325 e. The molecule has 0 saturated carbocycles. The molecule has 11 heteroatoms. The first-order valence-electron chi connectivity index (χ1n) is 12.4. The third kappa shape index (κ3) is 9.07. The monoisotopic (exact) mass is 528 g/mol. The van der Waals surface area contributed by atoms with Crippen molar-refractivity contribution < 1.29 is 34.5 Å². The molecule has 0 aliphatic heterocycles. The lowest BCUT2D eigenvalue weighted by molar-refractivity contribution is -0.142. The molecular formula is C27H36N4O7. The Hall–Kier alpha value is -4.12. The van der Waals surface area contributed by atoms with E-state index in [2.05, 4.69) is 16.0 Å². The van der Waals surface area contributed by atoms with Crippen LogP contribution in [0.4, 0.5) is 0 Å². The summed E-state index contributed by atoms with van der Waals surface area (Å²) in [5.41, 5.74) is 7.44. The molecule has 0 aromatic heterocycles. The van der Waals surface area contributed by atoms with Gasteiger partial charge in [0.2, 0.25) is 17.7 Å². The summed E-state index contributed by atoms with van der Waals surface area (Å²) in [6.45, 7) is 4.89. The van der Waals surface area contributed by atoms with Crippen molar-refractivity contribution in [2.75, 3.05) is 0 Å². The minimum atomic E-state index is -1.22. The molecule has 0 fully saturated rings. The molecule has 0 aliphatic rings. The first-order chi connectivity index (χ1) is 17.9. The zero-order valence-corrected chi connectivity index (χ0v) is 21.7. The van der Waals surface area contributed by atoms with Crippen molar-refractivity contribution in [1.82, 2.24) is 16.0 Å². The number of rotatable bonds is 13. The van der Waals surface area contributed by atoms with Crippen molar-refractivity contribution in [2.24, 2.45) is 11.7 Å². The molecule has 2 aromatic carbocycles. The summed E-state index contributed by atoms with van der Waals surface area (Å²) in [5.74, 6) is -3.32. The van der Waals surface area contributed by atoms with Crippen molar-refractivity contribution in [3.8, 4) is 11.5 Å². The first-order valence-corrected chi connectivity index (χ1v) is 12.4. The summed E-state index contributed by atoms with van der Waals surface area (Å²) < 4.78 is 0. The molecule has 0 spiro atoms. The number of amides is 3. The van der Waals surface area contributed by atoms with E-state index >= 15 is 0 Å². The van der Waals surface area contributed by atoms with Crippen LogP contribution in [0.2, 0.25) is 0 Å². The number of phenols is 2. The van der Waals surface area contributed by atoms with Gasteiger partial charge >= 0.3 is 5.97 Å². The van der Waals surface area contributed by atoms with Crippen molar-refractivity contribution in [3.05, 3.63) is 59.7 Å². The third-order valence-electron chi connectivity index (χ3n) is 6.26. The van der Waals surface area contributed by atoms with Crippen LogP contribution >= 0.6 is 0 Å². The molecule has 2 rings (SSSR count). The number of nitrogens with two attached hydrogens (primary N) is 1. The van der Waals surface area contributed by atoms with Gasteiger partial charge in [-0.1, -0.05) is 44.5 Å². The van der Waals surface area contributed by atoms with Crippen LogP contribution in [-0.2, 0) is 32.0 Å². The highest BCUT2D eigenvalue weighted by atomic mass is 16.4. The van der Waals surface area contributed by atoms with E-state index in [1.54, 1.807) is 31.2 Å². The lowest BCUT2D eigenvalue weighted by atomic mass is 9.96. The molecule has 11 nitrogen and oxygen atoms in total. The van der Waals surface area contributed by atoms with Gasteiger partial charge in [0.05, 0.1) is 6.04 Å².